The molecule has 2 aromatic rings. The van der Waals surface area contributed by atoms with Gasteiger partial charge in [0.15, 0.2) is 0 Å². The maximum Gasteiger partial charge on any atom is 0.255 e. The van der Waals surface area contributed by atoms with E-state index in [1.165, 1.54) is 11.1 Å². The number of aromatic nitrogens is 1. The van der Waals surface area contributed by atoms with E-state index in [1.807, 2.05) is 11.0 Å². The minimum atomic E-state index is 0. The Balaban J connectivity index is 0.00000121. The fraction of sp³-hybridized carbons (Fsp3) is 0.368. The number of nitrogens with zero attached hydrogens (tertiary/aromatic N) is 2. The quantitative estimate of drug-likeness (QED) is 0.821. The number of hydrogen-bond donors (Lipinski definition) is 2. The summed E-state index contributed by atoms with van der Waals surface area (Å²) in [6.45, 7) is 4.86. The first-order valence-corrected chi connectivity index (χ1v) is 8.44. The molecule has 1 amide bonds. The molecule has 0 aliphatic carbocycles. The van der Waals surface area contributed by atoms with Gasteiger partial charge in [-0.25, -0.2) is 4.98 Å². The van der Waals surface area contributed by atoms with Crippen LogP contribution in [0.2, 0.25) is 0 Å². The summed E-state index contributed by atoms with van der Waals surface area (Å²) in [6.07, 6.45) is 1.58. The number of carbonyl (C=O) groups excluding carboxylic acids is 1. The van der Waals surface area contributed by atoms with Crippen LogP contribution in [0.15, 0.2) is 42.6 Å². The Morgan fingerprint density at radius 3 is 2.65 bits per heavy atom. The van der Waals surface area contributed by atoms with Crippen molar-refractivity contribution in [3.05, 3.63) is 59.3 Å². The van der Waals surface area contributed by atoms with Crippen molar-refractivity contribution in [1.82, 2.24) is 15.2 Å². The Kier molecular flexibility index (Phi) is 6.50. The standard InChI is InChI=1S/C19H22N4O.2ClH/c1-12-4-2-3-5-15(12)18-16-10-21-8-14(16)11-23(18)19(24)13-6-7-17(20)22-9-13;;/h2-7,9,14,16,18,21H,8,10-11H2,1H3,(H2,20,22);2*1H/t14-,16-,18+;;/m0../s1. The molecule has 0 spiro atoms. The van der Waals surface area contributed by atoms with Crippen molar-refractivity contribution >= 4 is 36.5 Å². The van der Waals surface area contributed by atoms with Gasteiger partial charge in [-0.1, -0.05) is 24.3 Å². The van der Waals surface area contributed by atoms with E-state index in [0.29, 0.717) is 23.2 Å². The molecule has 4 rings (SSSR count). The van der Waals surface area contributed by atoms with Gasteiger partial charge in [0.2, 0.25) is 0 Å². The SMILES string of the molecule is Cc1ccccc1[C@@H]1[C@H]2CNC[C@H]2CN1C(=O)c1ccc(N)nc1.Cl.Cl. The van der Waals surface area contributed by atoms with Crippen molar-refractivity contribution in [3.8, 4) is 0 Å². The number of halogens is 2. The van der Waals surface area contributed by atoms with Crippen LogP contribution in [0.3, 0.4) is 0 Å². The van der Waals surface area contributed by atoms with Crippen molar-refractivity contribution in [2.24, 2.45) is 11.8 Å². The molecule has 1 aromatic heterocycles. The van der Waals surface area contributed by atoms with Crippen molar-refractivity contribution in [2.45, 2.75) is 13.0 Å². The number of rotatable bonds is 2. The smallest absolute Gasteiger partial charge is 0.255 e. The molecule has 5 nitrogen and oxygen atoms in total. The summed E-state index contributed by atoms with van der Waals surface area (Å²) in [6, 6.07) is 12.0. The number of anilines is 1. The van der Waals surface area contributed by atoms with Crippen LogP contribution in [-0.4, -0.2) is 35.4 Å². The second kappa shape index (κ2) is 8.25. The highest BCUT2D eigenvalue weighted by Crippen LogP contribution is 2.44. The Morgan fingerprint density at radius 2 is 1.96 bits per heavy atom. The molecule has 7 heteroatoms. The van der Waals surface area contributed by atoms with Crippen molar-refractivity contribution in [3.63, 3.8) is 0 Å². The van der Waals surface area contributed by atoms with Gasteiger partial charge in [-0.2, -0.15) is 0 Å². The van der Waals surface area contributed by atoms with Gasteiger partial charge in [-0.3, -0.25) is 4.79 Å². The van der Waals surface area contributed by atoms with E-state index in [1.54, 1.807) is 18.3 Å². The molecule has 26 heavy (non-hydrogen) atoms. The molecule has 2 saturated heterocycles. The highest BCUT2D eigenvalue weighted by Gasteiger charge is 2.47. The van der Waals surface area contributed by atoms with Gasteiger partial charge in [0.05, 0.1) is 11.6 Å². The number of carbonyl (C=O) groups is 1. The number of nitrogens with two attached hydrogens (primary N) is 1. The van der Waals surface area contributed by atoms with Gasteiger partial charge >= 0.3 is 0 Å². The molecule has 1 aromatic carbocycles. The first-order valence-electron chi connectivity index (χ1n) is 8.44. The average molecular weight is 395 g/mol. The van der Waals surface area contributed by atoms with Crippen LogP contribution in [0, 0.1) is 18.8 Å². The summed E-state index contributed by atoms with van der Waals surface area (Å²) in [5.74, 6) is 1.46. The first kappa shape index (κ1) is 20.5. The van der Waals surface area contributed by atoms with Crippen molar-refractivity contribution in [2.75, 3.05) is 25.4 Å². The number of likely N-dealkylation sites (tertiary alicyclic amines) is 1. The van der Waals surface area contributed by atoms with E-state index in [2.05, 4.69) is 35.4 Å². The van der Waals surface area contributed by atoms with E-state index >= 15 is 0 Å². The molecule has 2 aliphatic rings. The van der Waals surface area contributed by atoms with Crippen molar-refractivity contribution in [1.29, 1.82) is 0 Å². The summed E-state index contributed by atoms with van der Waals surface area (Å²) >= 11 is 0. The summed E-state index contributed by atoms with van der Waals surface area (Å²) in [5, 5.41) is 3.48. The van der Waals surface area contributed by atoms with E-state index in [4.69, 9.17) is 5.73 Å². The minimum Gasteiger partial charge on any atom is -0.384 e. The number of amides is 1. The molecule has 0 bridgehead atoms. The summed E-state index contributed by atoms with van der Waals surface area (Å²) in [5.41, 5.74) is 8.75. The van der Waals surface area contributed by atoms with Gasteiger partial charge in [0, 0.05) is 31.7 Å². The number of pyridine rings is 1. The second-order valence-corrected chi connectivity index (χ2v) is 6.81. The molecule has 3 N–H and O–H groups in total. The number of fused-ring (bicyclic) bond motifs is 1. The van der Waals surface area contributed by atoms with E-state index < -0.39 is 0 Å². The molecule has 0 unspecified atom stereocenters. The number of nitrogen functional groups attached to an aromatic ring is 1. The summed E-state index contributed by atoms with van der Waals surface area (Å²) in [7, 11) is 0. The molecule has 0 radical (unpaired) electrons. The second-order valence-electron chi connectivity index (χ2n) is 6.81. The van der Waals surface area contributed by atoms with E-state index in [-0.39, 0.29) is 36.8 Å². The fourth-order valence-corrected chi connectivity index (χ4v) is 4.14. The Labute approximate surface area is 166 Å². The van der Waals surface area contributed by atoms with Crippen LogP contribution in [0.1, 0.15) is 27.5 Å². The zero-order chi connectivity index (χ0) is 16.7. The topological polar surface area (TPSA) is 71.2 Å². The third kappa shape index (κ3) is 3.52. The molecular weight excluding hydrogens is 371 g/mol. The summed E-state index contributed by atoms with van der Waals surface area (Å²) < 4.78 is 0. The maximum absolute atomic E-state index is 13.1. The average Bonchev–Trinajstić information content (AvgIpc) is 3.16. The van der Waals surface area contributed by atoms with E-state index in [0.717, 1.165) is 19.6 Å². The Morgan fingerprint density at radius 1 is 1.19 bits per heavy atom. The van der Waals surface area contributed by atoms with Gasteiger partial charge in [-0.05, 0) is 36.1 Å². The van der Waals surface area contributed by atoms with Crippen molar-refractivity contribution < 1.29 is 4.79 Å². The maximum atomic E-state index is 13.1. The third-order valence-corrected chi connectivity index (χ3v) is 5.37. The van der Waals surface area contributed by atoms with Crippen LogP contribution in [0.5, 0.6) is 0 Å². The van der Waals surface area contributed by atoms with Gasteiger partial charge in [-0.15, -0.1) is 24.8 Å². The summed E-state index contributed by atoms with van der Waals surface area (Å²) in [4.78, 5) is 19.2. The molecule has 3 atom stereocenters. The highest BCUT2D eigenvalue weighted by atomic mass is 35.5. The zero-order valence-corrected chi connectivity index (χ0v) is 16.2. The zero-order valence-electron chi connectivity index (χ0n) is 14.6. The molecular formula is C19H24Cl2N4O. The van der Waals surface area contributed by atoms with Crippen LogP contribution < -0.4 is 11.1 Å². The number of nitrogens with one attached hydrogen (secondary N) is 1. The van der Waals surface area contributed by atoms with Crippen LogP contribution >= 0.6 is 24.8 Å². The lowest BCUT2D eigenvalue weighted by atomic mass is 9.87. The number of aryl methyl sites for hydroxylation is 1. The fourth-order valence-electron chi connectivity index (χ4n) is 4.14. The molecule has 2 fully saturated rings. The monoisotopic (exact) mass is 394 g/mol. The first-order chi connectivity index (χ1) is 11.6. The predicted molar refractivity (Wildman–Crippen MR) is 108 cm³/mol. The molecule has 2 aliphatic heterocycles. The largest absolute Gasteiger partial charge is 0.384 e. The van der Waals surface area contributed by atoms with Crippen LogP contribution in [-0.2, 0) is 0 Å². The lowest BCUT2D eigenvalue weighted by Gasteiger charge is -2.29. The lowest BCUT2D eigenvalue weighted by molar-refractivity contribution is 0.0713. The third-order valence-electron chi connectivity index (χ3n) is 5.37. The van der Waals surface area contributed by atoms with E-state index in [9.17, 15) is 4.79 Å². The predicted octanol–water partition coefficient (Wildman–Crippen LogP) is 2.85. The lowest BCUT2D eigenvalue weighted by Crippen LogP contribution is -2.35. The Bertz CT molecular complexity index is 768. The minimum absolute atomic E-state index is 0. The number of benzene rings is 1. The molecule has 140 valence electrons. The van der Waals surface area contributed by atoms with Crippen LogP contribution in [0.4, 0.5) is 5.82 Å². The van der Waals surface area contributed by atoms with Gasteiger partial charge in [0.1, 0.15) is 5.82 Å². The van der Waals surface area contributed by atoms with Gasteiger partial charge < -0.3 is 16.0 Å². The Hall–Kier alpha value is -1.82. The van der Waals surface area contributed by atoms with Crippen LogP contribution in [0.25, 0.3) is 0 Å². The molecule has 0 saturated carbocycles. The van der Waals surface area contributed by atoms with Gasteiger partial charge in [0.25, 0.3) is 5.91 Å². The molecule has 3 heterocycles. The number of hydrogen-bond acceptors (Lipinski definition) is 4. The highest BCUT2D eigenvalue weighted by molar-refractivity contribution is 5.94. The normalized spacial score (nSPS) is 23.7.